The van der Waals surface area contributed by atoms with Gasteiger partial charge in [0.15, 0.2) is 0 Å². The maximum atomic E-state index is 13.5. The molecule has 0 fully saturated rings. The number of rotatable bonds is 11. The minimum Gasteiger partial charge on any atom is -0.384 e. The smallest absolute Gasteiger partial charge is 0.256 e. The fourth-order valence-electron chi connectivity index (χ4n) is 4.77. The van der Waals surface area contributed by atoms with Gasteiger partial charge in [-0.2, -0.15) is 0 Å². The van der Waals surface area contributed by atoms with E-state index >= 15 is 0 Å². The SMILES string of the molecule is CCCCCNC(=O)CN(CC(=O)N(C)N1Cc2ccccc2C1)c1ccc(-c2ccc(N)nc2)cc1C. The van der Waals surface area contributed by atoms with E-state index in [0.717, 1.165) is 41.6 Å². The Hall–Kier alpha value is -3.91. The number of hydrogen-bond acceptors (Lipinski definition) is 6. The molecule has 0 unspecified atom stereocenters. The number of likely N-dealkylation sites (N-methyl/N-ethyl adjacent to an activating group) is 1. The van der Waals surface area contributed by atoms with E-state index in [1.165, 1.54) is 11.1 Å². The normalized spacial score (nSPS) is 12.7. The van der Waals surface area contributed by atoms with Crippen LogP contribution in [-0.2, 0) is 22.7 Å². The molecule has 3 aromatic rings. The number of nitrogens with zero attached hydrogens (tertiary/aromatic N) is 4. The zero-order valence-corrected chi connectivity index (χ0v) is 22.6. The Morgan fingerprint density at radius 1 is 1.00 bits per heavy atom. The zero-order valence-electron chi connectivity index (χ0n) is 22.6. The Morgan fingerprint density at radius 3 is 2.34 bits per heavy atom. The standard InChI is InChI=1S/C30H38N6O2/c1-4-5-8-15-32-29(37)20-35(21-30(38)34(3)36-18-25-9-6-7-10-26(25)19-36)27-13-11-23(16-22(27)2)24-12-14-28(31)33-17-24/h6-7,9-14,16-17H,4-5,8,15,18-21H2,1-3H3,(H2,31,33)(H,32,37). The molecule has 1 aliphatic heterocycles. The predicted molar refractivity (Wildman–Crippen MR) is 152 cm³/mol. The molecule has 4 rings (SSSR count). The highest BCUT2D eigenvalue weighted by Gasteiger charge is 2.27. The van der Waals surface area contributed by atoms with Crippen molar-refractivity contribution in [3.8, 4) is 11.1 Å². The van der Waals surface area contributed by atoms with Crippen LogP contribution in [0.3, 0.4) is 0 Å². The van der Waals surface area contributed by atoms with E-state index < -0.39 is 0 Å². The molecule has 2 amide bonds. The molecule has 0 spiro atoms. The van der Waals surface area contributed by atoms with Gasteiger partial charge in [0.1, 0.15) is 5.82 Å². The number of anilines is 2. The van der Waals surface area contributed by atoms with Gasteiger partial charge in [-0.1, -0.05) is 50.1 Å². The van der Waals surface area contributed by atoms with Gasteiger partial charge in [0, 0.05) is 44.1 Å². The van der Waals surface area contributed by atoms with Crippen molar-refractivity contribution in [2.24, 2.45) is 0 Å². The summed E-state index contributed by atoms with van der Waals surface area (Å²) >= 11 is 0. The average Bonchev–Trinajstić information content (AvgIpc) is 3.35. The molecule has 200 valence electrons. The van der Waals surface area contributed by atoms with Crippen LogP contribution in [-0.4, -0.2) is 53.5 Å². The lowest BCUT2D eigenvalue weighted by Gasteiger charge is -2.32. The Kier molecular flexibility index (Phi) is 8.97. The van der Waals surface area contributed by atoms with E-state index in [4.69, 9.17) is 5.73 Å². The van der Waals surface area contributed by atoms with Crippen LogP contribution in [0, 0.1) is 6.92 Å². The number of nitrogens with one attached hydrogen (secondary N) is 1. The lowest BCUT2D eigenvalue weighted by molar-refractivity contribution is -0.145. The van der Waals surface area contributed by atoms with Crippen molar-refractivity contribution in [1.29, 1.82) is 0 Å². The second-order valence-electron chi connectivity index (χ2n) is 9.89. The molecule has 38 heavy (non-hydrogen) atoms. The van der Waals surface area contributed by atoms with Gasteiger partial charge in [0.05, 0.1) is 13.1 Å². The predicted octanol–water partition coefficient (Wildman–Crippen LogP) is 4.14. The Bertz CT molecular complexity index is 1230. The summed E-state index contributed by atoms with van der Waals surface area (Å²) in [5.41, 5.74) is 12.0. The van der Waals surface area contributed by atoms with Gasteiger partial charge in [0.25, 0.3) is 5.91 Å². The number of benzene rings is 2. The monoisotopic (exact) mass is 514 g/mol. The van der Waals surface area contributed by atoms with Crippen LogP contribution >= 0.6 is 0 Å². The van der Waals surface area contributed by atoms with E-state index in [2.05, 4.69) is 35.4 Å². The molecule has 0 aliphatic carbocycles. The number of hydrogen-bond donors (Lipinski definition) is 2. The minimum absolute atomic E-state index is 0.0669. The first kappa shape index (κ1) is 27.1. The van der Waals surface area contributed by atoms with E-state index in [1.807, 2.05) is 47.2 Å². The number of unbranched alkanes of at least 4 members (excludes halogenated alkanes) is 2. The van der Waals surface area contributed by atoms with E-state index in [-0.39, 0.29) is 24.9 Å². The first-order valence-electron chi connectivity index (χ1n) is 13.3. The number of carbonyl (C=O) groups is 2. The van der Waals surface area contributed by atoms with E-state index in [0.29, 0.717) is 25.5 Å². The first-order chi connectivity index (χ1) is 18.4. The van der Waals surface area contributed by atoms with Gasteiger partial charge in [-0.15, -0.1) is 0 Å². The third-order valence-corrected chi connectivity index (χ3v) is 7.03. The molecule has 0 radical (unpaired) electrons. The highest BCUT2D eigenvalue weighted by atomic mass is 16.2. The molecule has 8 heteroatoms. The van der Waals surface area contributed by atoms with Crippen molar-refractivity contribution in [1.82, 2.24) is 20.3 Å². The molecule has 1 aromatic heterocycles. The molecule has 2 heterocycles. The maximum Gasteiger partial charge on any atom is 0.256 e. The maximum absolute atomic E-state index is 13.5. The Labute approximate surface area is 225 Å². The lowest BCUT2D eigenvalue weighted by Crippen LogP contribution is -2.48. The summed E-state index contributed by atoms with van der Waals surface area (Å²) in [5.74, 6) is 0.320. The highest BCUT2D eigenvalue weighted by Crippen LogP contribution is 2.28. The summed E-state index contributed by atoms with van der Waals surface area (Å²) in [6.45, 7) is 6.37. The summed E-state index contributed by atoms with van der Waals surface area (Å²) in [7, 11) is 1.81. The number of pyridine rings is 1. The molecule has 0 saturated heterocycles. The van der Waals surface area contributed by atoms with Gasteiger partial charge in [-0.05, 0) is 59.9 Å². The molecule has 1 aliphatic rings. The van der Waals surface area contributed by atoms with Gasteiger partial charge >= 0.3 is 0 Å². The van der Waals surface area contributed by atoms with Crippen LogP contribution in [0.5, 0.6) is 0 Å². The molecule has 0 atom stereocenters. The number of aryl methyl sites for hydroxylation is 1. The number of aromatic nitrogens is 1. The van der Waals surface area contributed by atoms with Crippen molar-refractivity contribution in [2.45, 2.75) is 46.2 Å². The number of hydrazine groups is 1. The largest absolute Gasteiger partial charge is 0.384 e. The van der Waals surface area contributed by atoms with Gasteiger partial charge in [-0.25, -0.2) is 9.99 Å². The third kappa shape index (κ3) is 6.69. The summed E-state index contributed by atoms with van der Waals surface area (Å²) in [4.78, 5) is 32.4. The molecule has 3 N–H and O–H groups in total. The number of fused-ring (bicyclic) bond motifs is 1. The van der Waals surface area contributed by atoms with Gasteiger partial charge < -0.3 is 16.0 Å². The average molecular weight is 515 g/mol. The van der Waals surface area contributed by atoms with Gasteiger partial charge in [-0.3, -0.25) is 14.6 Å². The summed E-state index contributed by atoms with van der Waals surface area (Å²) < 4.78 is 0. The van der Waals surface area contributed by atoms with Crippen LogP contribution in [0.1, 0.15) is 42.9 Å². The first-order valence-corrected chi connectivity index (χ1v) is 13.3. The molecule has 2 aromatic carbocycles. The van der Waals surface area contributed by atoms with Crippen molar-refractivity contribution in [3.63, 3.8) is 0 Å². The van der Waals surface area contributed by atoms with E-state index in [1.54, 1.807) is 24.3 Å². The number of amides is 2. The topological polar surface area (TPSA) is 94.8 Å². The summed E-state index contributed by atoms with van der Waals surface area (Å²) in [6.07, 6.45) is 4.87. The van der Waals surface area contributed by atoms with Crippen LogP contribution in [0.25, 0.3) is 11.1 Å². The van der Waals surface area contributed by atoms with E-state index in [9.17, 15) is 9.59 Å². The number of nitrogen functional groups attached to an aromatic ring is 1. The third-order valence-electron chi connectivity index (χ3n) is 7.03. The number of nitrogens with two attached hydrogens (primary N) is 1. The lowest BCUT2D eigenvalue weighted by atomic mass is 10.0. The molecular formula is C30H38N6O2. The van der Waals surface area contributed by atoms with Crippen molar-refractivity contribution >= 4 is 23.3 Å². The fraction of sp³-hybridized carbons (Fsp3) is 0.367. The Balaban J connectivity index is 1.51. The van der Waals surface area contributed by atoms with Crippen molar-refractivity contribution in [3.05, 3.63) is 77.5 Å². The van der Waals surface area contributed by atoms with Crippen molar-refractivity contribution < 1.29 is 9.59 Å². The second-order valence-corrected chi connectivity index (χ2v) is 9.89. The molecule has 8 nitrogen and oxygen atoms in total. The Morgan fingerprint density at radius 2 is 1.71 bits per heavy atom. The molecular weight excluding hydrogens is 476 g/mol. The zero-order chi connectivity index (χ0) is 27.1. The fourth-order valence-corrected chi connectivity index (χ4v) is 4.77. The number of carbonyl (C=O) groups excluding carboxylic acids is 2. The van der Waals surface area contributed by atoms with Crippen molar-refractivity contribution in [2.75, 3.05) is 37.3 Å². The van der Waals surface area contributed by atoms with Crippen LogP contribution in [0.4, 0.5) is 11.5 Å². The summed E-state index contributed by atoms with van der Waals surface area (Å²) in [5, 5.41) is 6.75. The quantitative estimate of drug-likeness (QED) is 0.374. The molecule has 0 saturated carbocycles. The van der Waals surface area contributed by atoms with Crippen LogP contribution in [0.2, 0.25) is 0 Å². The highest BCUT2D eigenvalue weighted by molar-refractivity contribution is 5.87. The second kappa shape index (κ2) is 12.6. The van der Waals surface area contributed by atoms with Crippen LogP contribution < -0.4 is 16.0 Å². The summed E-state index contributed by atoms with van der Waals surface area (Å²) in [6, 6.07) is 18.0. The van der Waals surface area contributed by atoms with Gasteiger partial charge in [0.2, 0.25) is 5.91 Å². The molecule has 0 bridgehead atoms. The van der Waals surface area contributed by atoms with Crippen LogP contribution in [0.15, 0.2) is 60.8 Å². The minimum atomic E-state index is -0.0867.